The molecule has 0 aromatic rings. The number of hydrogen-bond donors (Lipinski definition) is 0. The average molecular weight is 391 g/mol. The first-order valence-electron chi connectivity index (χ1n) is 9.43. The monoisotopic (exact) mass is 390 g/mol. The Hall–Kier alpha value is 0.748. The van der Waals surface area contributed by atoms with E-state index >= 15 is 0 Å². The van der Waals surface area contributed by atoms with E-state index in [4.69, 9.17) is 13.0 Å². The van der Waals surface area contributed by atoms with Crippen LogP contribution in [0, 0.1) is 5.92 Å². The van der Waals surface area contributed by atoms with Crippen LogP contribution in [0.1, 0.15) is 25.7 Å². The normalized spacial score (nSPS) is 28.7. The summed E-state index contributed by atoms with van der Waals surface area (Å²) in [6.45, 7) is 14.4. The summed E-state index contributed by atoms with van der Waals surface area (Å²) in [7, 11) is -3.59. The molecule has 0 N–H and O–H groups in total. The van der Waals surface area contributed by atoms with Crippen LogP contribution >= 0.6 is 0 Å². The lowest BCUT2D eigenvalue weighted by Gasteiger charge is -2.36. The van der Waals surface area contributed by atoms with Crippen LogP contribution in [0.2, 0.25) is 57.4 Å². The lowest BCUT2D eigenvalue weighted by Crippen LogP contribution is -2.45. The second kappa shape index (κ2) is 7.55. The Kier molecular flexibility index (Phi) is 6.59. The van der Waals surface area contributed by atoms with Gasteiger partial charge in [-0.15, -0.1) is 0 Å². The van der Waals surface area contributed by atoms with Crippen molar-refractivity contribution in [2.75, 3.05) is 0 Å². The fourth-order valence-corrected chi connectivity index (χ4v) is 17.4. The number of rotatable bonds is 9. The number of hydrogen-bond acceptors (Lipinski definition) is 3. The van der Waals surface area contributed by atoms with Crippen LogP contribution in [-0.2, 0) is 13.0 Å². The molecule has 1 saturated carbocycles. The van der Waals surface area contributed by atoms with E-state index < -0.39 is 25.0 Å². The van der Waals surface area contributed by atoms with Gasteiger partial charge < -0.3 is 13.0 Å². The van der Waals surface area contributed by atoms with Gasteiger partial charge in [-0.1, -0.05) is 6.42 Å². The van der Waals surface area contributed by atoms with Gasteiger partial charge in [0, 0.05) is 0 Å². The van der Waals surface area contributed by atoms with E-state index in [1.54, 1.807) is 0 Å². The first kappa shape index (κ1) is 20.1. The molecule has 2 aliphatic rings. The molecule has 0 bridgehead atoms. The summed E-state index contributed by atoms with van der Waals surface area (Å²) in [6.07, 6.45) is 6.61. The SMILES string of the molecule is C[Si](C)(CC[Si](C)(C)O[Si](C)(C)CCC1CCC2OC2C1)O[SiH3]. The molecule has 2 fully saturated rings. The second-order valence-electron chi connectivity index (χ2n) is 9.52. The van der Waals surface area contributed by atoms with Gasteiger partial charge in [0.25, 0.3) is 0 Å². The van der Waals surface area contributed by atoms with Crippen molar-refractivity contribution in [3.05, 3.63) is 0 Å². The average Bonchev–Trinajstić information content (AvgIpc) is 3.21. The third-order valence-electron chi connectivity index (χ3n) is 5.70. The summed E-state index contributed by atoms with van der Waals surface area (Å²) in [5, 5.41) is 0. The van der Waals surface area contributed by atoms with Crippen LogP contribution in [0.15, 0.2) is 0 Å². The maximum Gasteiger partial charge on any atom is 0.173 e. The van der Waals surface area contributed by atoms with Crippen molar-refractivity contribution in [3.8, 4) is 0 Å². The van der Waals surface area contributed by atoms with Crippen molar-refractivity contribution in [1.29, 1.82) is 0 Å². The molecule has 1 saturated heterocycles. The van der Waals surface area contributed by atoms with Crippen molar-refractivity contribution >= 4 is 35.4 Å². The molecule has 3 nitrogen and oxygen atoms in total. The lowest BCUT2D eigenvalue weighted by atomic mass is 9.88. The first-order valence-corrected chi connectivity index (χ1v) is 19.6. The molecule has 3 atom stereocenters. The first-order chi connectivity index (χ1) is 10.5. The zero-order chi connectivity index (χ0) is 17.3. The standard InChI is InChI=1S/C16H38O3Si4/c1-21(2,18-20)11-12-23(5,6)19-22(3,4)10-9-14-7-8-15-16(13-14)17-15/h14-16H,7-13H2,1-6,20H3. The third-order valence-corrected chi connectivity index (χ3v) is 19.4. The summed E-state index contributed by atoms with van der Waals surface area (Å²) in [6, 6.07) is 3.86. The quantitative estimate of drug-likeness (QED) is 0.442. The van der Waals surface area contributed by atoms with Crippen molar-refractivity contribution < 1.29 is 13.0 Å². The highest BCUT2D eigenvalue weighted by Gasteiger charge is 2.44. The van der Waals surface area contributed by atoms with Crippen LogP contribution in [0.25, 0.3) is 0 Å². The van der Waals surface area contributed by atoms with Gasteiger partial charge in [-0.25, -0.2) is 0 Å². The zero-order valence-electron chi connectivity index (χ0n) is 16.4. The zero-order valence-corrected chi connectivity index (χ0v) is 21.4. The molecule has 2 rings (SSSR count). The van der Waals surface area contributed by atoms with E-state index in [0.717, 1.165) is 16.4 Å². The van der Waals surface area contributed by atoms with Crippen molar-refractivity contribution in [3.63, 3.8) is 0 Å². The Morgan fingerprint density at radius 3 is 2.09 bits per heavy atom. The predicted molar refractivity (Wildman–Crippen MR) is 110 cm³/mol. The van der Waals surface area contributed by atoms with Crippen LogP contribution < -0.4 is 0 Å². The Labute approximate surface area is 149 Å². The van der Waals surface area contributed by atoms with Gasteiger partial charge in [0.05, 0.1) is 12.2 Å². The van der Waals surface area contributed by atoms with Gasteiger partial charge in [-0.3, -0.25) is 0 Å². The molecule has 0 spiro atoms. The minimum atomic E-state index is -1.55. The summed E-state index contributed by atoms with van der Waals surface area (Å²) in [5.74, 6) is 0.892. The van der Waals surface area contributed by atoms with Crippen molar-refractivity contribution in [1.82, 2.24) is 0 Å². The largest absolute Gasteiger partial charge is 0.463 e. The predicted octanol–water partition coefficient (Wildman–Crippen LogP) is 3.87. The summed E-state index contributed by atoms with van der Waals surface area (Å²) in [5.41, 5.74) is 0. The van der Waals surface area contributed by atoms with Crippen LogP contribution in [0.3, 0.4) is 0 Å². The molecule has 0 aromatic carbocycles. The molecule has 0 amide bonds. The topological polar surface area (TPSA) is 31.0 Å². The number of fused-ring (bicyclic) bond motifs is 1. The molecular formula is C16H38O3Si4. The maximum absolute atomic E-state index is 6.82. The lowest BCUT2D eigenvalue weighted by molar-refractivity contribution is 0.355. The van der Waals surface area contributed by atoms with Crippen LogP contribution in [0.4, 0.5) is 0 Å². The summed E-state index contributed by atoms with van der Waals surface area (Å²) in [4.78, 5) is 0. The van der Waals surface area contributed by atoms with E-state index in [2.05, 4.69) is 39.3 Å². The Bertz CT molecular complexity index is 401. The fourth-order valence-electron chi connectivity index (χ4n) is 3.85. The van der Waals surface area contributed by atoms with Gasteiger partial charge in [-0.2, -0.15) is 0 Å². The fraction of sp³-hybridized carbons (Fsp3) is 1.00. The van der Waals surface area contributed by atoms with Gasteiger partial charge in [0.1, 0.15) is 10.5 Å². The Balaban J connectivity index is 1.74. The molecule has 1 heterocycles. The highest BCUT2D eigenvalue weighted by molar-refractivity contribution is 6.86. The van der Waals surface area contributed by atoms with Gasteiger partial charge in [-0.05, 0) is 82.6 Å². The number of ether oxygens (including phenoxy) is 1. The molecule has 136 valence electrons. The molecule has 1 aliphatic carbocycles. The highest BCUT2D eigenvalue weighted by atomic mass is 28.4. The molecule has 23 heavy (non-hydrogen) atoms. The second-order valence-corrected chi connectivity index (χ2v) is 24.0. The Morgan fingerprint density at radius 2 is 1.48 bits per heavy atom. The molecule has 7 heteroatoms. The van der Waals surface area contributed by atoms with E-state index in [1.807, 2.05) is 0 Å². The van der Waals surface area contributed by atoms with Crippen molar-refractivity contribution in [2.24, 2.45) is 5.92 Å². The molecule has 3 unspecified atom stereocenters. The number of epoxide rings is 1. The van der Waals surface area contributed by atoms with Crippen LogP contribution in [0.5, 0.6) is 0 Å². The third kappa shape index (κ3) is 6.87. The molecule has 0 radical (unpaired) electrons. The minimum absolute atomic E-state index is 0.620. The molecule has 0 aromatic heterocycles. The van der Waals surface area contributed by atoms with Gasteiger partial charge in [0.15, 0.2) is 25.0 Å². The van der Waals surface area contributed by atoms with E-state index in [0.29, 0.717) is 12.2 Å². The van der Waals surface area contributed by atoms with E-state index in [-0.39, 0.29) is 0 Å². The van der Waals surface area contributed by atoms with E-state index in [1.165, 1.54) is 43.8 Å². The Morgan fingerprint density at radius 1 is 0.870 bits per heavy atom. The smallest absolute Gasteiger partial charge is 0.173 e. The van der Waals surface area contributed by atoms with Gasteiger partial charge >= 0.3 is 0 Å². The summed E-state index contributed by atoms with van der Waals surface area (Å²) >= 11 is 0. The van der Waals surface area contributed by atoms with E-state index in [9.17, 15) is 0 Å². The minimum Gasteiger partial charge on any atom is -0.463 e. The van der Waals surface area contributed by atoms with Crippen LogP contribution in [-0.4, -0.2) is 47.6 Å². The van der Waals surface area contributed by atoms with Crippen molar-refractivity contribution in [2.45, 2.75) is 95.3 Å². The maximum atomic E-state index is 6.82. The molecule has 1 aliphatic heterocycles. The summed E-state index contributed by atoms with van der Waals surface area (Å²) < 4.78 is 18.3. The molecular weight excluding hydrogens is 353 g/mol. The highest BCUT2D eigenvalue weighted by Crippen LogP contribution is 2.41. The van der Waals surface area contributed by atoms with Gasteiger partial charge in [0.2, 0.25) is 0 Å².